The van der Waals surface area contributed by atoms with Gasteiger partial charge in [0.15, 0.2) is 17.3 Å². The third kappa shape index (κ3) is 4.09. The van der Waals surface area contributed by atoms with E-state index in [2.05, 4.69) is 10.3 Å². The molecule has 0 unspecified atom stereocenters. The number of ketones is 1. The number of fused-ring (bicyclic) bond motifs is 1. The molecule has 8 nitrogen and oxygen atoms in total. The van der Waals surface area contributed by atoms with E-state index in [9.17, 15) is 14.4 Å². The highest BCUT2D eigenvalue weighted by Gasteiger charge is 2.22. The molecule has 0 bridgehead atoms. The van der Waals surface area contributed by atoms with Gasteiger partial charge in [-0.2, -0.15) is 0 Å². The van der Waals surface area contributed by atoms with Gasteiger partial charge in [-0.05, 0) is 39.0 Å². The fraction of sp³-hybridized carbons (Fsp3) is 0.217. The number of carbonyl (C=O) groups is 2. The average molecular weight is 454 g/mol. The number of benzene rings is 2. The van der Waals surface area contributed by atoms with Gasteiger partial charge in [0.1, 0.15) is 12.4 Å². The normalized spacial score (nSPS) is 12.0. The van der Waals surface area contributed by atoms with Gasteiger partial charge >= 0.3 is 0 Å². The molecule has 0 aliphatic carbocycles. The van der Waals surface area contributed by atoms with Gasteiger partial charge < -0.3 is 14.8 Å². The van der Waals surface area contributed by atoms with E-state index in [4.69, 9.17) is 21.1 Å². The molecule has 1 aliphatic heterocycles. The quantitative estimate of drug-likeness (QED) is 0.590. The van der Waals surface area contributed by atoms with Gasteiger partial charge in [0.05, 0.1) is 5.69 Å². The predicted octanol–water partition coefficient (Wildman–Crippen LogP) is 3.75. The van der Waals surface area contributed by atoms with Crippen molar-refractivity contribution in [1.82, 2.24) is 9.55 Å². The monoisotopic (exact) mass is 453 g/mol. The maximum Gasteiger partial charge on any atom is 0.257 e. The minimum absolute atomic E-state index is 0.0385. The van der Waals surface area contributed by atoms with Crippen LogP contribution in [0, 0.1) is 13.8 Å². The Morgan fingerprint density at radius 2 is 1.88 bits per heavy atom. The predicted molar refractivity (Wildman–Crippen MR) is 120 cm³/mol. The molecule has 1 amide bonds. The van der Waals surface area contributed by atoms with Crippen molar-refractivity contribution in [1.29, 1.82) is 0 Å². The third-order valence-electron chi connectivity index (χ3n) is 5.19. The Balaban J connectivity index is 1.71. The highest BCUT2D eigenvalue weighted by Crippen LogP contribution is 2.37. The number of aromatic nitrogens is 2. The molecule has 1 N–H and O–H groups in total. The van der Waals surface area contributed by atoms with Gasteiger partial charge in [0, 0.05) is 33.5 Å². The van der Waals surface area contributed by atoms with Crippen molar-refractivity contribution in [2.45, 2.75) is 27.3 Å². The van der Waals surface area contributed by atoms with E-state index >= 15 is 0 Å². The van der Waals surface area contributed by atoms with Crippen LogP contribution < -0.4 is 20.3 Å². The fourth-order valence-corrected chi connectivity index (χ4v) is 3.61. The van der Waals surface area contributed by atoms with E-state index in [1.54, 1.807) is 38.1 Å². The van der Waals surface area contributed by atoms with Crippen LogP contribution in [0.1, 0.15) is 28.5 Å². The van der Waals surface area contributed by atoms with Crippen LogP contribution in [-0.4, -0.2) is 28.0 Å². The first-order valence-corrected chi connectivity index (χ1v) is 10.2. The molecule has 4 rings (SSSR count). The summed E-state index contributed by atoms with van der Waals surface area (Å²) < 4.78 is 12.0. The molecule has 9 heteroatoms. The number of nitrogens with one attached hydrogen (secondary N) is 1. The number of hydrogen-bond acceptors (Lipinski definition) is 6. The van der Waals surface area contributed by atoms with Crippen molar-refractivity contribution in [2.24, 2.45) is 0 Å². The molecule has 1 aromatic heterocycles. The molecule has 0 fully saturated rings. The zero-order valence-corrected chi connectivity index (χ0v) is 18.4. The number of aryl methyl sites for hydroxylation is 1. The van der Waals surface area contributed by atoms with E-state index in [0.717, 1.165) is 0 Å². The van der Waals surface area contributed by atoms with Crippen molar-refractivity contribution in [3.05, 3.63) is 68.6 Å². The molecule has 0 radical (unpaired) electrons. The fourth-order valence-electron chi connectivity index (χ4n) is 3.42. The number of hydrogen-bond donors (Lipinski definition) is 1. The van der Waals surface area contributed by atoms with Gasteiger partial charge in [-0.15, -0.1) is 0 Å². The first-order valence-electron chi connectivity index (χ1n) is 9.83. The largest absolute Gasteiger partial charge is 0.454 e. The Morgan fingerprint density at radius 3 is 2.56 bits per heavy atom. The summed E-state index contributed by atoms with van der Waals surface area (Å²) in [4.78, 5) is 42.6. The van der Waals surface area contributed by atoms with Gasteiger partial charge in [0.25, 0.3) is 5.56 Å². The topological polar surface area (TPSA) is 99.5 Å². The molecule has 32 heavy (non-hydrogen) atoms. The molecule has 164 valence electrons. The highest BCUT2D eigenvalue weighted by molar-refractivity contribution is 6.30. The number of carbonyl (C=O) groups excluding carboxylic acids is 2. The number of nitrogens with zero attached hydrogens (tertiary/aromatic N) is 2. The molecule has 0 spiro atoms. The van der Waals surface area contributed by atoms with E-state index < -0.39 is 5.91 Å². The first-order chi connectivity index (χ1) is 15.2. The van der Waals surface area contributed by atoms with Crippen LogP contribution in [0.5, 0.6) is 11.5 Å². The lowest BCUT2D eigenvalue weighted by atomic mass is 10.1. The molecule has 2 heterocycles. The number of rotatable bonds is 5. The van der Waals surface area contributed by atoms with Gasteiger partial charge in [-0.25, -0.2) is 4.98 Å². The minimum Gasteiger partial charge on any atom is -0.454 e. The minimum atomic E-state index is -0.498. The standard InChI is InChI=1S/C23H20ClN3O5/c1-12-13(2)25-22(15-5-4-6-16(24)7-15)27(23(12)30)10-21(29)26-18-9-20-19(31-11-32-20)8-17(18)14(3)28/h4-9H,10-11H2,1-3H3,(H,26,29). The van der Waals surface area contributed by atoms with Crippen molar-refractivity contribution < 1.29 is 19.1 Å². The van der Waals surface area contributed by atoms with Crippen molar-refractivity contribution in [3.63, 3.8) is 0 Å². The maximum atomic E-state index is 13.0. The van der Waals surface area contributed by atoms with Gasteiger partial charge in [-0.3, -0.25) is 19.0 Å². The lowest BCUT2D eigenvalue weighted by Crippen LogP contribution is -2.32. The molecular formula is C23H20ClN3O5. The first kappa shape index (κ1) is 21.6. The molecule has 1 aliphatic rings. The molecule has 0 atom stereocenters. The van der Waals surface area contributed by atoms with Crippen LogP contribution in [-0.2, 0) is 11.3 Å². The van der Waals surface area contributed by atoms with Crippen molar-refractivity contribution in [2.75, 3.05) is 12.1 Å². The number of Topliss-reactive ketones (excluding diaryl/α,β-unsaturated/α-hetero) is 1. The van der Waals surface area contributed by atoms with Gasteiger partial charge in [0.2, 0.25) is 12.7 Å². The van der Waals surface area contributed by atoms with Gasteiger partial charge in [-0.1, -0.05) is 23.7 Å². The van der Waals surface area contributed by atoms with Crippen molar-refractivity contribution in [3.8, 4) is 22.9 Å². The smallest absolute Gasteiger partial charge is 0.257 e. The Hall–Kier alpha value is -3.65. The number of ether oxygens (including phenoxy) is 2. The number of amides is 1. The molecular weight excluding hydrogens is 434 g/mol. The van der Waals surface area contributed by atoms with Crippen LogP contribution in [0.3, 0.4) is 0 Å². The Kier molecular flexibility index (Phi) is 5.71. The maximum absolute atomic E-state index is 13.0. The second kappa shape index (κ2) is 8.47. The number of halogens is 1. The molecule has 0 saturated carbocycles. The van der Waals surface area contributed by atoms with E-state index in [1.165, 1.54) is 23.6 Å². The third-order valence-corrected chi connectivity index (χ3v) is 5.42. The Bertz CT molecular complexity index is 1320. The van der Waals surface area contributed by atoms with Crippen LogP contribution in [0.2, 0.25) is 5.02 Å². The Labute approximate surface area is 188 Å². The summed E-state index contributed by atoms with van der Waals surface area (Å²) in [7, 11) is 0. The summed E-state index contributed by atoms with van der Waals surface area (Å²) >= 11 is 6.12. The van der Waals surface area contributed by atoms with Crippen LogP contribution in [0.25, 0.3) is 11.4 Å². The number of anilines is 1. The summed E-state index contributed by atoms with van der Waals surface area (Å²) in [6.07, 6.45) is 0. The zero-order valence-electron chi connectivity index (χ0n) is 17.7. The Morgan fingerprint density at radius 1 is 1.16 bits per heavy atom. The molecule has 0 saturated heterocycles. The summed E-state index contributed by atoms with van der Waals surface area (Å²) in [5.74, 6) is 0.444. The second-order valence-electron chi connectivity index (χ2n) is 7.40. The van der Waals surface area contributed by atoms with Crippen LogP contribution in [0.4, 0.5) is 5.69 Å². The summed E-state index contributed by atoms with van der Waals surface area (Å²) in [5, 5.41) is 3.20. The summed E-state index contributed by atoms with van der Waals surface area (Å²) in [6, 6.07) is 9.97. The average Bonchev–Trinajstić information content (AvgIpc) is 3.20. The van der Waals surface area contributed by atoms with E-state index in [-0.39, 0.29) is 35.9 Å². The lowest BCUT2D eigenvalue weighted by Gasteiger charge is -2.16. The lowest BCUT2D eigenvalue weighted by molar-refractivity contribution is -0.116. The SMILES string of the molecule is CC(=O)c1cc2c(cc1NC(=O)Cn1c(-c3cccc(Cl)c3)nc(C)c(C)c1=O)OCO2. The second-order valence-corrected chi connectivity index (χ2v) is 7.84. The van der Waals surface area contributed by atoms with E-state index in [1.807, 2.05) is 0 Å². The van der Waals surface area contributed by atoms with Crippen LogP contribution >= 0.6 is 11.6 Å². The molecule has 2 aromatic carbocycles. The van der Waals surface area contributed by atoms with E-state index in [0.29, 0.717) is 39.2 Å². The molecule has 3 aromatic rings. The zero-order chi connectivity index (χ0) is 23.0. The van der Waals surface area contributed by atoms with Crippen molar-refractivity contribution >= 4 is 29.0 Å². The summed E-state index contributed by atoms with van der Waals surface area (Å²) in [5.41, 5.74) is 1.84. The summed E-state index contributed by atoms with van der Waals surface area (Å²) in [6.45, 7) is 4.52. The van der Waals surface area contributed by atoms with Crippen LogP contribution in [0.15, 0.2) is 41.2 Å². The highest BCUT2D eigenvalue weighted by atomic mass is 35.5.